The number of carbonyl (C=O) groups excluding carboxylic acids is 2. The van der Waals surface area contributed by atoms with Crippen LogP contribution in [-0.2, 0) is 14.3 Å². The number of hydrogen-bond acceptors (Lipinski definition) is 3. The fourth-order valence-electron chi connectivity index (χ4n) is 2.78. The molecule has 0 atom stereocenters. The molecule has 3 nitrogen and oxygen atoms in total. The molecule has 0 saturated carbocycles. The highest BCUT2D eigenvalue weighted by Gasteiger charge is 2.26. The van der Waals surface area contributed by atoms with Crippen LogP contribution in [0.5, 0.6) is 0 Å². The van der Waals surface area contributed by atoms with Gasteiger partial charge in [-0.05, 0) is 49.7 Å². The van der Waals surface area contributed by atoms with Crippen LogP contribution in [0.4, 0.5) is 0 Å². The monoisotopic (exact) mass is 292 g/mol. The van der Waals surface area contributed by atoms with Gasteiger partial charge < -0.3 is 4.74 Å². The minimum atomic E-state index is -0.285. The molecule has 0 fully saturated rings. The number of rotatable bonds is 7. The molecule has 0 aliphatic heterocycles. The molecule has 0 radical (unpaired) electrons. The molecule has 0 N–H and O–H groups in total. The van der Waals surface area contributed by atoms with Crippen LogP contribution in [0, 0.1) is 5.41 Å². The molecule has 1 aliphatic carbocycles. The normalized spacial score (nSPS) is 18.1. The maximum Gasteiger partial charge on any atom is 0.306 e. The molecule has 21 heavy (non-hydrogen) atoms. The Balaban J connectivity index is 2.52. The van der Waals surface area contributed by atoms with Gasteiger partial charge in [-0.3, -0.25) is 9.59 Å². The maximum atomic E-state index is 11.8. The number of ether oxygens (including phenoxy) is 1. The molecule has 1 rings (SSSR count). The Morgan fingerprint density at radius 2 is 2.05 bits per heavy atom. The summed E-state index contributed by atoms with van der Waals surface area (Å²) in [5.74, 6) is -0.437. The van der Waals surface area contributed by atoms with Crippen molar-refractivity contribution in [1.82, 2.24) is 0 Å². The number of hydrogen-bond donors (Lipinski definition) is 0. The molecule has 3 heteroatoms. The Kier molecular flexibility index (Phi) is 6.86. The topological polar surface area (TPSA) is 43.4 Å². The van der Waals surface area contributed by atoms with E-state index in [0.717, 1.165) is 25.7 Å². The lowest BCUT2D eigenvalue weighted by Crippen LogP contribution is -2.19. The van der Waals surface area contributed by atoms with Gasteiger partial charge in [0.25, 0.3) is 0 Å². The van der Waals surface area contributed by atoms with E-state index in [1.165, 1.54) is 17.6 Å². The summed E-state index contributed by atoms with van der Waals surface area (Å²) in [4.78, 5) is 23.2. The van der Waals surface area contributed by atoms with Crippen molar-refractivity contribution in [3.63, 3.8) is 0 Å². The van der Waals surface area contributed by atoms with E-state index < -0.39 is 0 Å². The molecule has 0 amide bonds. The Labute approximate surface area is 128 Å². The largest absolute Gasteiger partial charge is 0.457 e. The molecular weight excluding hydrogens is 264 g/mol. The average Bonchev–Trinajstić information content (AvgIpc) is 2.41. The van der Waals surface area contributed by atoms with E-state index in [1.807, 2.05) is 13.0 Å². The molecule has 0 unspecified atom stereocenters. The molecule has 1 aliphatic rings. The lowest BCUT2D eigenvalue weighted by molar-refractivity contribution is -0.147. The molecule has 0 aromatic heterocycles. The van der Waals surface area contributed by atoms with Crippen LogP contribution in [-0.4, -0.2) is 18.4 Å². The van der Waals surface area contributed by atoms with Gasteiger partial charge in [0.2, 0.25) is 0 Å². The van der Waals surface area contributed by atoms with Crippen LogP contribution >= 0.6 is 0 Å². The second-order valence-corrected chi connectivity index (χ2v) is 6.50. The van der Waals surface area contributed by atoms with Crippen molar-refractivity contribution in [1.29, 1.82) is 0 Å². The fraction of sp³-hybridized carbons (Fsp3) is 0.667. The molecule has 0 spiro atoms. The third-order valence-electron chi connectivity index (χ3n) is 4.09. The first kappa shape index (κ1) is 17.7. The summed E-state index contributed by atoms with van der Waals surface area (Å²) < 4.78 is 4.97. The SMILES string of the molecule is CCCCC(=O)OCC(=O)C=CC1=C(C)CCCC1(C)C. The zero-order chi connectivity index (χ0) is 15.9. The summed E-state index contributed by atoms with van der Waals surface area (Å²) in [5, 5.41) is 0. The summed E-state index contributed by atoms with van der Waals surface area (Å²) in [6.07, 6.45) is 9.07. The van der Waals surface area contributed by atoms with Crippen LogP contribution in [0.1, 0.15) is 66.2 Å². The van der Waals surface area contributed by atoms with Gasteiger partial charge in [0.1, 0.15) is 0 Å². The molecule has 0 aromatic rings. The molecule has 0 saturated heterocycles. The number of esters is 1. The number of allylic oxidation sites excluding steroid dienone is 3. The van der Waals surface area contributed by atoms with Gasteiger partial charge in [0.05, 0.1) is 0 Å². The predicted octanol–water partition coefficient (Wildman–Crippen LogP) is 4.37. The van der Waals surface area contributed by atoms with Crippen LogP contribution in [0.15, 0.2) is 23.3 Å². The zero-order valence-electron chi connectivity index (χ0n) is 13.8. The van der Waals surface area contributed by atoms with E-state index >= 15 is 0 Å². The second kappa shape index (κ2) is 8.16. The van der Waals surface area contributed by atoms with Crippen LogP contribution in [0.2, 0.25) is 0 Å². The van der Waals surface area contributed by atoms with E-state index in [-0.39, 0.29) is 23.8 Å². The Hall–Kier alpha value is -1.38. The van der Waals surface area contributed by atoms with Crippen molar-refractivity contribution < 1.29 is 14.3 Å². The summed E-state index contributed by atoms with van der Waals surface area (Å²) in [7, 11) is 0. The maximum absolute atomic E-state index is 11.8. The lowest BCUT2D eigenvalue weighted by atomic mass is 9.72. The Morgan fingerprint density at radius 1 is 1.33 bits per heavy atom. The summed E-state index contributed by atoms with van der Waals surface area (Å²) >= 11 is 0. The van der Waals surface area contributed by atoms with Crippen molar-refractivity contribution in [3.05, 3.63) is 23.3 Å². The highest BCUT2D eigenvalue weighted by Crippen LogP contribution is 2.40. The van der Waals surface area contributed by atoms with Gasteiger partial charge in [-0.15, -0.1) is 0 Å². The molecule has 0 aromatic carbocycles. The minimum Gasteiger partial charge on any atom is -0.457 e. The van der Waals surface area contributed by atoms with Gasteiger partial charge in [0.15, 0.2) is 12.4 Å². The first-order chi connectivity index (χ1) is 9.86. The average molecular weight is 292 g/mol. The van der Waals surface area contributed by atoms with Gasteiger partial charge in [-0.25, -0.2) is 0 Å². The van der Waals surface area contributed by atoms with E-state index in [0.29, 0.717) is 6.42 Å². The smallest absolute Gasteiger partial charge is 0.306 e. The quantitative estimate of drug-likeness (QED) is 0.517. The lowest BCUT2D eigenvalue weighted by Gasteiger charge is -2.32. The summed E-state index contributed by atoms with van der Waals surface area (Å²) in [6, 6.07) is 0. The Morgan fingerprint density at radius 3 is 2.67 bits per heavy atom. The van der Waals surface area contributed by atoms with Crippen LogP contribution in [0.3, 0.4) is 0 Å². The Bertz CT molecular complexity index is 441. The molecule has 0 heterocycles. The first-order valence-electron chi connectivity index (χ1n) is 7.93. The molecular formula is C18H28O3. The van der Waals surface area contributed by atoms with Crippen LogP contribution < -0.4 is 0 Å². The highest BCUT2D eigenvalue weighted by molar-refractivity contribution is 5.92. The predicted molar refractivity (Wildman–Crippen MR) is 85.0 cm³/mol. The third kappa shape index (κ3) is 5.86. The minimum absolute atomic E-state index is 0.122. The summed E-state index contributed by atoms with van der Waals surface area (Å²) in [5.41, 5.74) is 2.73. The standard InChI is InChI=1S/C18H28O3/c1-5-6-9-17(20)21-13-15(19)10-11-16-14(2)8-7-12-18(16,3)4/h10-11H,5-9,12-13H2,1-4H3. The van der Waals surface area contributed by atoms with E-state index in [1.54, 1.807) is 6.08 Å². The van der Waals surface area contributed by atoms with Crippen molar-refractivity contribution in [2.45, 2.75) is 66.2 Å². The number of carbonyl (C=O) groups is 2. The third-order valence-corrected chi connectivity index (χ3v) is 4.09. The number of ketones is 1. The van der Waals surface area contributed by atoms with Gasteiger partial charge in [-0.2, -0.15) is 0 Å². The molecule has 118 valence electrons. The van der Waals surface area contributed by atoms with Crippen molar-refractivity contribution >= 4 is 11.8 Å². The fourth-order valence-corrected chi connectivity index (χ4v) is 2.78. The highest BCUT2D eigenvalue weighted by atomic mass is 16.5. The van der Waals surface area contributed by atoms with E-state index in [9.17, 15) is 9.59 Å². The van der Waals surface area contributed by atoms with Crippen LogP contribution in [0.25, 0.3) is 0 Å². The summed E-state index contributed by atoms with van der Waals surface area (Å²) in [6.45, 7) is 8.43. The van der Waals surface area contributed by atoms with Crippen molar-refractivity contribution in [2.75, 3.05) is 6.61 Å². The van der Waals surface area contributed by atoms with E-state index in [4.69, 9.17) is 4.74 Å². The first-order valence-corrected chi connectivity index (χ1v) is 7.93. The van der Waals surface area contributed by atoms with Gasteiger partial charge in [0, 0.05) is 6.42 Å². The van der Waals surface area contributed by atoms with E-state index in [2.05, 4.69) is 20.8 Å². The van der Waals surface area contributed by atoms with Crippen molar-refractivity contribution in [2.24, 2.45) is 5.41 Å². The zero-order valence-corrected chi connectivity index (χ0v) is 13.8. The molecule has 0 bridgehead atoms. The second-order valence-electron chi connectivity index (χ2n) is 6.50. The van der Waals surface area contributed by atoms with Crippen molar-refractivity contribution in [3.8, 4) is 0 Å². The van der Waals surface area contributed by atoms with Gasteiger partial charge >= 0.3 is 5.97 Å². The number of unbranched alkanes of at least 4 members (excludes halogenated alkanes) is 1. The van der Waals surface area contributed by atoms with Gasteiger partial charge in [-0.1, -0.05) is 38.8 Å².